The summed E-state index contributed by atoms with van der Waals surface area (Å²) in [5.41, 5.74) is -0.00840. The van der Waals surface area contributed by atoms with Gasteiger partial charge in [0.25, 0.3) is 0 Å². The molecule has 0 radical (unpaired) electrons. The van der Waals surface area contributed by atoms with E-state index in [9.17, 15) is 9.90 Å². The SMILES string of the molecule is CC[C@H](C/C=N/OCCN(C)C)[C@@]1(C)CC[C@H]2[C@@H](CCC3C[C@@H](O)CC[C@@]32C)C1=O. The Balaban J connectivity index is 1.64. The summed E-state index contributed by atoms with van der Waals surface area (Å²) in [5.74, 6) is 2.14. The molecule has 1 unspecified atom stereocenters. The van der Waals surface area contributed by atoms with E-state index in [2.05, 4.69) is 30.8 Å². The van der Waals surface area contributed by atoms with Crippen molar-refractivity contribution in [2.24, 2.45) is 39.7 Å². The fraction of sp³-hybridized carbons (Fsp3) is 0.920. The number of Topliss-reactive ketones (excluding diaryl/α,β-unsaturated/α-hetero) is 1. The molecule has 5 heteroatoms. The maximum Gasteiger partial charge on any atom is 0.142 e. The van der Waals surface area contributed by atoms with Crippen LogP contribution in [-0.4, -0.2) is 55.4 Å². The predicted molar refractivity (Wildman–Crippen MR) is 121 cm³/mol. The fourth-order valence-electron chi connectivity index (χ4n) is 7.00. The molecule has 0 heterocycles. The van der Waals surface area contributed by atoms with Gasteiger partial charge in [0.2, 0.25) is 0 Å². The molecule has 0 saturated heterocycles. The van der Waals surface area contributed by atoms with Gasteiger partial charge in [-0.25, -0.2) is 0 Å². The van der Waals surface area contributed by atoms with E-state index < -0.39 is 0 Å². The van der Waals surface area contributed by atoms with E-state index in [0.717, 1.165) is 64.3 Å². The molecule has 0 spiro atoms. The Labute approximate surface area is 183 Å². The highest BCUT2D eigenvalue weighted by Gasteiger charge is 2.57. The van der Waals surface area contributed by atoms with Crippen LogP contribution in [0.3, 0.4) is 0 Å². The van der Waals surface area contributed by atoms with Crippen LogP contribution in [0.25, 0.3) is 0 Å². The van der Waals surface area contributed by atoms with E-state index >= 15 is 0 Å². The number of ketones is 1. The summed E-state index contributed by atoms with van der Waals surface area (Å²) in [4.78, 5) is 21.3. The number of fused-ring (bicyclic) bond motifs is 3. The number of aliphatic hydroxyl groups is 1. The highest BCUT2D eigenvalue weighted by molar-refractivity contribution is 5.88. The number of rotatable bonds is 8. The minimum atomic E-state index is -0.247. The number of oxime groups is 1. The second-order valence-corrected chi connectivity index (χ2v) is 11.0. The van der Waals surface area contributed by atoms with E-state index in [1.807, 2.05) is 20.3 Å². The van der Waals surface area contributed by atoms with Crippen LogP contribution in [-0.2, 0) is 9.63 Å². The Hall–Kier alpha value is -0.940. The van der Waals surface area contributed by atoms with Crippen LogP contribution in [0.2, 0.25) is 0 Å². The zero-order chi connectivity index (χ0) is 21.9. The fourth-order valence-corrected chi connectivity index (χ4v) is 7.00. The topological polar surface area (TPSA) is 62.1 Å². The standard InChI is InChI=1S/C25H44N2O3/c1-6-18(11-14-26-30-16-15-27(4)5)25(3)13-10-22-21(23(25)29)8-7-19-17-20(28)9-12-24(19,22)2/h14,18-22,28H,6-13,15-17H2,1-5H3/b26-14+/t18-,19?,20+,21-,22+,24+,25-/m1/s1. The van der Waals surface area contributed by atoms with Crippen LogP contribution >= 0.6 is 0 Å². The molecule has 0 bridgehead atoms. The minimum Gasteiger partial charge on any atom is -0.395 e. The van der Waals surface area contributed by atoms with Gasteiger partial charge in [-0.15, -0.1) is 0 Å². The lowest BCUT2D eigenvalue weighted by atomic mass is 9.46. The molecule has 30 heavy (non-hydrogen) atoms. The smallest absolute Gasteiger partial charge is 0.142 e. The molecule has 3 rings (SSSR count). The van der Waals surface area contributed by atoms with Crippen molar-refractivity contribution >= 4 is 12.0 Å². The molecule has 1 N–H and O–H groups in total. The van der Waals surface area contributed by atoms with Crippen molar-refractivity contribution in [1.82, 2.24) is 4.90 Å². The molecular weight excluding hydrogens is 376 g/mol. The summed E-state index contributed by atoms with van der Waals surface area (Å²) >= 11 is 0. The zero-order valence-electron chi connectivity index (χ0n) is 19.9. The Kier molecular flexibility index (Phi) is 7.66. The van der Waals surface area contributed by atoms with Crippen LogP contribution < -0.4 is 0 Å². The molecule has 3 saturated carbocycles. The third-order valence-electron chi connectivity index (χ3n) is 9.10. The molecule has 3 fully saturated rings. The van der Waals surface area contributed by atoms with E-state index in [-0.39, 0.29) is 22.9 Å². The molecule has 3 aliphatic carbocycles. The van der Waals surface area contributed by atoms with Crippen molar-refractivity contribution in [1.29, 1.82) is 0 Å². The first-order valence-corrected chi connectivity index (χ1v) is 12.2. The quantitative estimate of drug-likeness (QED) is 0.356. The van der Waals surface area contributed by atoms with Gasteiger partial charge in [0.15, 0.2) is 0 Å². The zero-order valence-corrected chi connectivity index (χ0v) is 19.9. The summed E-state index contributed by atoms with van der Waals surface area (Å²) in [7, 11) is 4.04. The Morgan fingerprint density at radius 2 is 2.00 bits per heavy atom. The first-order valence-electron chi connectivity index (χ1n) is 12.2. The number of carbonyl (C=O) groups excluding carboxylic acids is 1. The van der Waals surface area contributed by atoms with Gasteiger partial charge >= 0.3 is 0 Å². The Morgan fingerprint density at radius 1 is 1.23 bits per heavy atom. The number of nitrogens with zero attached hydrogens (tertiary/aromatic N) is 2. The molecule has 5 nitrogen and oxygen atoms in total. The minimum absolute atomic E-state index is 0.132. The number of aliphatic hydroxyl groups excluding tert-OH is 1. The number of hydrogen-bond donors (Lipinski definition) is 1. The lowest BCUT2D eigenvalue weighted by Gasteiger charge is -2.58. The van der Waals surface area contributed by atoms with Gasteiger partial charge < -0.3 is 14.8 Å². The molecule has 0 aromatic rings. The van der Waals surface area contributed by atoms with Gasteiger partial charge in [-0.05, 0) is 88.6 Å². The first-order chi connectivity index (χ1) is 14.2. The molecule has 172 valence electrons. The van der Waals surface area contributed by atoms with Crippen molar-refractivity contribution in [2.45, 2.75) is 84.7 Å². The summed E-state index contributed by atoms with van der Waals surface area (Å²) < 4.78 is 0. The maximum atomic E-state index is 13.8. The van der Waals surface area contributed by atoms with E-state index in [4.69, 9.17) is 4.84 Å². The monoisotopic (exact) mass is 420 g/mol. The molecule has 7 atom stereocenters. The normalized spacial score (nSPS) is 40.3. The molecule has 0 aliphatic heterocycles. The van der Waals surface area contributed by atoms with Gasteiger partial charge in [-0.3, -0.25) is 4.79 Å². The van der Waals surface area contributed by atoms with E-state index in [0.29, 0.717) is 30.1 Å². The number of hydrogen-bond acceptors (Lipinski definition) is 5. The second kappa shape index (κ2) is 9.68. The van der Waals surface area contributed by atoms with E-state index in [1.54, 1.807) is 0 Å². The molecule has 0 aromatic carbocycles. The van der Waals surface area contributed by atoms with Gasteiger partial charge in [0.1, 0.15) is 12.4 Å². The highest BCUT2D eigenvalue weighted by Crippen LogP contribution is 2.61. The van der Waals surface area contributed by atoms with Crippen molar-refractivity contribution in [3.8, 4) is 0 Å². The summed E-state index contributed by atoms with van der Waals surface area (Å²) in [6.45, 7) is 8.29. The predicted octanol–water partition coefficient (Wildman–Crippen LogP) is 4.53. The van der Waals surface area contributed by atoms with E-state index in [1.165, 1.54) is 0 Å². The highest BCUT2D eigenvalue weighted by atomic mass is 16.6. The molecule has 0 amide bonds. The number of likely N-dealkylation sites (N-methyl/N-ethyl adjacent to an activating group) is 1. The summed E-state index contributed by atoms with van der Waals surface area (Å²) in [6, 6.07) is 0. The third kappa shape index (κ3) is 4.62. The van der Waals surface area contributed by atoms with Crippen LogP contribution in [0.4, 0.5) is 0 Å². The summed E-state index contributed by atoms with van der Waals surface area (Å²) in [6.07, 6.45) is 10.8. The maximum absolute atomic E-state index is 13.8. The molecule has 3 aliphatic rings. The molecular formula is C25H44N2O3. The van der Waals surface area contributed by atoms with Crippen molar-refractivity contribution in [2.75, 3.05) is 27.2 Å². The second-order valence-electron chi connectivity index (χ2n) is 11.0. The van der Waals surface area contributed by atoms with Crippen molar-refractivity contribution < 1.29 is 14.7 Å². The van der Waals surface area contributed by atoms with Gasteiger partial charge in [-0.1, -0.05) is 32.3 Å². The van der Waals surface area contributed by atoms with Crippen LogP contribution in [0.1, 0.15) is 78.6 Å². The number of carbonyl (C=O) groups is 1. The lowest BCUT2D eigenvalue weighted by Crippen LogP contribution is -2.56. The van der Waals surface area contributed by atoms with Gasteiger partial charge in [0, 0.05) is 24.1 Å². The lowest BCUT2D eigenvalue weighted by molar-refractivity contribution is -0.157. The Bertz CT molecular complexity index is 622. The first kappa shape index (κ1) is 23.7. The van der Waals surface area contributed by atoms with Crippen LogP contribution in [0.5, 0.6) is 0 Å². The van der Waals surface area contributed by atoms with Crippen LogP contribution in [0, 0.1) is 34.5 Å². The average molecular weight is 421 g/mol. The van der Waals surface area contributed by atoms with Crippen LogP contribution in [0.15, 0.2) is 5.16 Å². The Morgan fingerprint density at radius 3 is 2.70 bits per heavy atom. The molecule has 0 aromatic heterocycles. The summed E-state index contributed by atoms with van der Waals surface area (Å²) in [5, 5.41) is 14.3. The average Bonchev–Trinajstić information content (AvgIpc) is 2.70. The van der Waals surface area contributed by atoms with Gasteiger partial charge in [0.05, 0.1) is 6.10 Å². The van der Waals surface area contributed by atoms with Crippen molar-refractivity contribution in [3.05, 3.63) is 0 Å². The largest absolute Gasteiger partial charge is 0.395 e. The van der Waals surface area contributed by atoms with Gasteiger partial charge in [-0.2, -0.15) is 0 Å². The third-order valence-corrected chi connectivity index (χ3v) is 9.10. The van der Waals surface area contributed by atoms with Crippen molar-refractivity contribution in [3.63, 3.8) is 0 Å².